The van der Waals surface area contributed by atoms with Crippen LogP contribution in [0.4, 0.5) is 4.39 Å². The Balaban J connectivity index is 2.59. The van der Waals surface area contributed by atoms with Gasteiger partial charge in [0, 0.05) is 5.56 Å². The van der Waals surface area contributed by atoms with Crippen molar-refractivity contribution in [3.05, 3.63) is 70.0 Å². The third-order valence-electron chi connectivity index (χ3n) is 3.53. The highest BCUT2D eigenvalue weighted by atomic mass is 19.1. The molecule has 0 aliphatic carbocycles. The molecular weight excluding hydrogens is 239 g/mol. The summed E-state index contributed by atoms with van der Waals surface area (Å²) in [4.78, 5) is 0. The first kappa shape index (κ1) is 13.8. The zero-order valence-corrected chi connectivity index (χ0v) is 11.8. The maximum absolute atomic E-state index is 14.2. The lowest BCUT2D eigenvalue weighted by Gasteiger charge is -2.27. The van der Waals surface area contributed by atoms with Crippen molar-refractivity contribution in [1.82, 2.24) is 0 Å². The van der Waals surface area contributed by atoms with Gasteiger partial charge < -0.3 is 5.11 Å². The molecule has 0 bridgehead atoms. The highest BCUT2D eigenvalue weighted by Crippen LogP contribution is 2.33. The van der Waals surface area contributed by atoms with Crippen LogP contribution < -0.4 is 0 Å². The van der Waals surface area contributed by atoms with E-state index in [0.717, 1.165) is 16.7 Å². The van der Waals surface area contributed by atoms with Gasteiger partial charge in [-0.25, -0.2) is 4.39 Å². The Hall–Kier alpha value is -1.67. The molecule has 2 aromatic rings. The summed E-state index contributed by atoms with van der Waals surface area (Å²) in [5, 5.41) is 10.8. The Labute approximate surface area is 113 Å². The summed E-state index contributed by atoms with van der Waals surface area (Å²) in [6.45, 7) is 7.29. The summed E-state index contributed by atoms with van der Waals surface area (Å²) in [6, 6.07) is 10.9. The largest absolute Gasteiger partial charge is 0.381 e. The number of halogens is 1. The van der Waals surface area contributed by atoms with Gasteiger partial charge in [0.25, 0.3) is 0 Å². The Morgan fingerprint density at radius 1 is 0.947 bits per heavy atom. The van der Waals surface area contributed by atoms with Gasteiger partial charge >= 0.3 is 0 Å². The maximum atomic E-state index is 14.2. The van der Waals surface area contributed by atoms with E-state index in [-0.39, 0.29) is 5.82 Å². The van der Waals surface area contributed by atoms with Gasteiger partial charge in [-0.1, -0.05) is 35.9 Å². The molecule has 19 heavy (non-hydrogen) atoms. The van der Waals surface area contributed by atoms with Gasteiger partial charge in [0.15, 0.2) is 0 Å². The molecule has 1 nitrogen and oxygen atoms in total. The summed E-state index contributed by atoms with van der Waals surface area (Å²) < 4.78 is 14.2. The average Bonchev–Trinajstić information content (AvgIpc) is 2.27. The van der Waals surface area contributed by atoms with E-state index >= 15 is 0 Å². The minimum Gasteiger partial charge on any atom is -0.381 e. The third kappa shape index (κ3) is 2.54. The van der Waals surface area contributed by atoms with Crippen LogP contribution in [0.2, 0.25) is 0 Å². The van der Waals surface area contributed by atoms with Crippen molar-refractivity contribution >= 4 is 0 Å². The van der Waals surface area contributed by atoms with E-state index in [1.807, 2.05) is 51.1 Å². The van der Waals surface area contributed by atoms with Crippen molar-refractivity contribution in [1.29, 1.82) is 0 Å². The first-order valence-corrected chi connectivity index (χ1v) is 6.39. The van der Waals surface area contributed by atoms with Crippen molar-refractivity contribution in [3.8, 4) is 0 Å². The van der Waals surface area contributed by atoms with E-state index in [0.29, 0.717) is 11.1 Å². The normalized spacial score (nSPS) is 14.2. The third-order valence-corrected chi connectivity index (χ3v) is 3.53. The van der Waals surface area contributed by atoms with Gasteiger partial charge in [-0.2, -0.15) is 0 Å². The molecule has 0 radical (unpaired) electrons. The van der Waals surface area contributed by atoms with Crippen molar-refractivity contribution in [3.63, 3.8) is 0 Å². The summed E-state index contributed by atoms with van der Waals surface area (Å²) in [5.41, 5.74) is 2.46. The van der Waals surface area contributed by atoms with Crippen LogP contribution in [0.1, 0.15) is 34.7 Å². The molecule has 2 heteroatoms. The smallest absolute Gasteiger partial charge is 0.130 e. The molecule has 0 aromatic heterocycles. The molecule has 0 saturated carbocycles. The van der Waals surface area contributed by atoms with Crippen molar-refractivity contribution in [2.24, 2.45) is 0 Å². The summed E-state index contributed by atoms with van der Waals surface area (Å²) in [6.07, 6.45) is 0. The van der Waals surface area contributed by atoms with Gasteiger partial charge in [0.2, 0.25) is 0 Å². The van der Waals surface area contributed by atoms with Crippen LogP contribution in [0.3, 0.4) is 0 Å². The Morgan fingerprint density at radius 2 is 1.53 bits per heavy atom. The number of hydrogen-bond donors (Lipinski definition) is 1. The van der Waals surface area contributed by atoms with Crippen LogP contribution in [0.5, 0.6) is 0 Å². The minimum absolute atomic E-state index is 0.349. The highest BCUT2D eigenvalue weighted by Gasteiger charge is 2.30. The standard InChI is InChI=1S/C17H19FO/c1-11-5-7-14(8-6-11)17(4,19)16-13(3)9-12(2)10-15(16)18/h5-10,19H,1-4H3. The quantitative estimate of drug-likeness (QED) is 0.863. The second-order valence-electron chi connectivity index (χ2n) is 5.38. The second-order valence-corrected chi connectivity index (χ2v) is 5.38. The van der Waals surface area contributed by atoms with Gasteiger partial charge in [-0.05, 0) is 50.5 Å². The number of aliphatic hydroxyl groups is 1. The van der Waals surface area contributed by atoms with Crippen LogP contribution in [0.25, 0.3) is 0 Å². The minimum atomic E-state index is -1.32. The summed E-state index contributed by atoms with van der Waals surface area (Å²) >= 11 is 0. The van der Waals surface area contributed by atoms with Gasteiger partial charge in [-0.15, -0.1) is 0 Å². The van der Waals surface area contributed by atoms with Crippen LogP contribution in [0, 0.1) is 26.6 Å². The predicted molar refractivity (Wildman–Crippen MR) is 75.7 cm³/mol. The SMILES string of the molecule is Cc1ccc(C(C)(O)c2c(C)cc(C)cc2F)cc1. The highest BCUT2D eigenvalue weighted by molar-refractivity contribution is 5.42. The molecule has 0 spiro atoms. The molecule has 2 rings (SSSR count). The Morgan fingerprint density at radius 3 is 2.05 bits per heavy atom. The van der Waals surface area contributed by atoms with E-state index in [4.69, 9.17) is 0 Å². The second kappa shape index (κ2) is 4.78. The Kier molecular flexibility index (Phi) is 3.46. The van der Waals surface area contributed by atoms with E-state index < -0.39 is 5.60 Å². The average molecular weight is 258 g/mol. The van der Waals surface area contributed by atoms with Gasteiger partial charge in [0.05, 0.1) is 0 Å². The van der Waals surface area contributed by atoms with Crippen LogP contribution in [-0.4, -0.2) is 5.11 Å². The molecule has 0 heterocycles. The topological polar surface area (TPSA) is 20.2 Å². The molecule has 100 valence electrons. The van der Waals surface area contributed by atoms with Crippen molar-refractivity contribution < 1.29 is 9.50 Å². The van der Waals surface area contributed by atoms with Crippen LogP contribution >= 0.6 is 0 Å². The van der Waals surface area contributed by atoms with E-state index in [1.165, 1.54) is 6.07 Å². The molecule has 1 N–H and O–H groups in total. The summed E-state index contributed by atoms with van der Waals surface area (Å²) in [7, 11) is 0. The monoisotopic (exact) mass is 258 g/mol. The molecule has 2 aromatic carbocycles. The lowest BCUT2D eigenvalue weighted by molar-refractivity contribution is 0.0972. The first-order valence-electron chi connectivity index (χ1n) is 6.39. The molecule has 1 atom stereocenters. The number of hydrogen-bond acceptors (Lipinski definition) is 1. The number of benzene rings is 2. The summed E-state index contributed by atoms with van der Waals surface area (Å²) in [5.74, 6) is -0.358. The van der Waals surface area contributed by atoms with Gasteiger partial charge in [-0.3, -0.25) is 0 Å². The van der Waals surface area contributed by atoms with Crippen molar-refractivity contribution in [2.75, 3.05) is 0 Å². The Bertz CT molecular complexity index is 574. The van der Waals surface area contributed by atoms with Gasteiger partial charge in [0.1, 0.15) is 11.4 Å². The van der Waals surface area contributed by atoms with E-state index in [2.05, 4.69) is 0 Å². The molecule has 0 amide bonds. The zero-order valence-electron chi connectivity index (χ0n) is 11.8. The fourth-order valence-electron chi connectivity index (χ4n) is 2.55. The molecular formula is C17H19FO. The molecule has 0 fully saturated rings. The maximum Gasteiger partial charge on any atom is 0.130 e. The lowest BCUT2D eigenvalue weighted by Crippen LogP contribution is -2.25. The van der Waals surface area contributed by atoms with E-state index in [1.54, 1.807) is 6.92 Å². The molecule has 0 saturated heterocycles. The first-order chi connectivity index (χ1) is 8.82. The van der Waals surface area contributed by atoms with Crippen LogP contribution in [0.15, 0.2) is 36.4 Å². The number of aryl methyl sites for hydroxylation is 3. The predicted octanol–water partition coefficient (Wildman–Crippen LogP) is 4.01. The molecule has 1 unspecified atom stereocenters. The van der Waals surface area contributed by atoms with Crippen LogP contribution in [-0.2, 0) is 5.60 Å². The van der Waals surface area contributed by atoms with E-state index in [9.17, 15) is 9.50 Å². The fourth-order valence-corrected chi connectivity index (χ4v) is 2.55. The molecule has 0 aliphatic heterocycles. The lowest BCUT2D eigenvalue weighted by atomic mass is 9.84. The fraction of sp³-hybridized carbons (Fsp3) is 0.294. The molecule has 0 aliphatic rings. The zero-order chi connectivity index (χ0) is 14.2. The number of rotatable bonds is 2. The van der Waals surface area contributed by atoms with Crippen molar-refractivity contribution in [2.45, 2.75) is 33.3 Å².